The van der Waals surface area contributed by atoms with E-state index in [2.05, 4.69) is 35.3 Å². The van der Waals surface area contributed by atoms with Crippen LogP contribution in [0.5, 0.6) is 0 Å². The summed E-state index contributed by atoms with van der Waals surface area (Å²) >= 11 is 0. The molecule has 1 unspecified atom stereocenters. The third-order valence-corrected chi connectivity index (χ3v) is 4.26. The summed E-state index contributed by atoms with van der Waals surface area (Å²) in [5, 5.41) is 4.62. The summed E-state index contributed by atoms with van der Waals surface area (Å²) in [6.45, 7) is 6.91. The Hall–Kier alpha value is -1.36. The van der Waals surface area contributed by atoms with Crippen molar-refractivity contribution in [3.05, 3.63) is 35.6 Å². The van der Waals surface area contributed by atoms with E-state index in [1.165, 1.54) is 10.9 Å². The molecule has 4 nitrogen and oxygen atoms in total. The second-order valence-corrected chi connectivity index (χ2v) is 5.66. The van der Waals surface area contributed by atoms with Crippen LogP contribution < -0.4 is 5.32 Å². The number of methoxy groups -OCH3 is 1. The molecular formula is C17H24N2O2. The van der Waals surface area contributed by atoms with Gasteiger partial charge in [-0.05, 0) is 19.0 Å². The molecule has 0 bridgehead atoms. The van der Waals surface area contributed by atoms with Crippen molar-refractivity contribution < 1.29 is 9.15 Å². The maximum Gasteiger partial charge on any atom is 0.134 e. The molecule has 1 aromatic carbocycles. The zero-order valence-electron chi connectivity index (χ0n) is 12.9. The molecular weight excluding hydrogens is 264 g/mol. The number of nitrogens with one attached hydrogen (secondary N) is 1. The van der Waals surface area contributed by atoms with Crippen molar-refractivity contribution in [1.82, 2.24) is 10.2 Å². The van der Waals surface area contributed by atoms with Gasteiger partial charge >= 0.3 is 0 Å². The van der Waals surface area contributed by atoms with Gasteiger partial charge in [-0.15, -0.1) is 0 Å². The standard InChI is InChI=1S/C17H24N2O2/c1-3-18-10-17-15(12-19-9-8-13(11-19)20-2)14-6-4-5-7-16(14)21-17/h4-7,13,18H,3,8-12H2,1-2H3. The minimum atomic E-state index is 0.375. The Labute approximate surface area is 126 Å². The fourth-order valence-electron chi connectivity index (χ4n) is 3.06. The van der Waals surface area contributed by atoms with Crippen LogP contribution in [0.4, 0.5) is 0 Å². The third-order valence-electron chi connectivity index (χ3n) is 4.26. The monoisotopic (exact) mass is 288 g/mol. The number of benzene rings is 1. The fraction of sp³-hybridized carbons (Fsp3) is 0.529. The van der Waals surface area contributed by atoms with Gasteiger partial charge in [-0.1, -0.05) is 25.1 Å². The number of ether oxygens (including phenoxy) is 1. The van der Waals surface area contributed by atoms with Crippen molar-refractivity contribution in [3.63, 3.8) is 0 Å². The lowest BCUT2D eigenvalue weighted by Gasteiger charge is -2.16. The maximum atomic E-state index is 6.04. The fourth-order valence-corrected chi connectivity index (χ4v) is 3.06. The summed E-state index contributed by atoms with van der Waals surface area (Å²) in [5.74, 6) is 1.07. The molecule has 1 atom stereocenters. The van der Waals surface area contributed by atoms with Crippen LogP contribution in [0.15, 0.2) is 28.7 Å². The van der Waals surface area contributed by atoms with E-state index in [-0.39, 0.29) is 0 Å². The van der Waals surface area contributed by atoms with Gasteiger partial charge in [0.1, 0.15) is 11.3 Å². The number of furan rings is 1. The Morgan fingerprint density at radius 3 is 3.00 bits per heavy atom. The van der Waals surface area contributed by atoms with Gasteiger partial charge in [0.2, 0.25) is 0 Å². The molecule has 1 aliphatic heterocycles. The number of hydrogen-bond acceptors (Lipinski definition) is 4. The lowest BCUT2D eigenvalue weighted by molar-refractivity contribution is 0.107. The van der Waals surface area contributed by atoms with Gasteiger partial charge in [0, 0.05) is 37.7 Å². The van der Waals surface area contributed by atoms with Crippen molar-refractivity contribution >= 4 is 11.0 Å². The normalized spacial score (nSPS) is 19.6. The van der Waals surface area contributed by atoms with Crippen LogP contribution in [0.2, 0.25) is 0 Å². The van der Waals surface area contributed by atoms with E-state index in [9.17, 15) is 0 Å². The van der Waals surface area contributed by atoms with E-state index in [1.54, 1.807) is 7.11 Å². The van der Waals surface area contributed by atoms with E-state index in [0.717, 1.165) is 50.5 Å². The van der Waals surface area contributed by atoms with Crippen LogP contribution in [0.1, 0.15) is 24.7 Å². The molecule has 1 fully saturated rings. The molecule has 0 radical (unpaired) electrons. The first-order chi connectivity index (χ1) is 10.3. The van der Waals surface area contributed by atoms with Gasteiger partial charge in [0.25, 0.3) is 0 Å². The van der Waals surface area contributed by atoms with Crippen LogP contribution in [-0.4, -0.2) is 37.7 Å². The van der Waals surface area contributed by atoms with Crippen LogP contribution >= 0.6 is 0 Å². The molecule has 1 aromatic heterocycles. The first-order valence-electron chi connectivity index (χ1n) is 7.77. The molecule has 4 heteroatoms. The molecule has 1 N–H and O–H groups in total. The predicted molar refractivity (Wildman–Crippen MR) is 84.3 cm³/mol. The lowest BCUT2D eigenvalue weighted by atomic mass is 10.1. The van der Waals surface area contributed by atoms with Crippen molar-refractivity contribution in [2.24, 2.45) is 0 Å². The highest BCUT2D eigenvalue weighted by Crippen LogP contribution is 2.28. The minimum Gasteiger partial charge on any atom is -0.459 e. The summed E-state index contributed by atoms with van der Waals surface area (Å²) < 4.78 is 11.5. The molecule has 0 saturated carbocycles. The summed E-state index contributed by atoms with van der Waals surface area (Å²) in [7, 11) is 1.80. The summed E-state index contributed by atoms with van der Waals surface area (Å²) in [6, 6.07) is 8.33. The molecule has 2 aromatic rings. The molecule has 3 rings (SSSR count). The summed E-state index contributed by atoms with van der Waals surface area (Å²) in [5.41, 5.74) is 2.31. The van der Waals surface area contributed by atoms with Gasteiger partial charge < -0.3 is 14.5 Å². The zero-order valence-corrected chi connectivity index (χ0v) is 12.9. The first kappa shape index (κ1) is 14.6. The highest BCUT2D eigenvalue weighted by molar-refractivity contribution is 5.82. The average Bonchev–Trinajstić information content (AvgIpc) is 3.11. The van der Waals surface area contributed by atoms with Crippen molar-refractivity contribution in [2.75, 3.05) is 26.7 Å². The highest BCUT2D eigenvalue weighted by Gasteiger charge is 2.24. The summed E-state index contributed by atoms with van der Waals surface area (Å²) in [4.78, 5) is 2.46. The second kappa shape index (κ2) is 6.60. The third kappa shape index (κ3) is 3.12. The lowest BCUT2D eigenvalue weighted by Crippen LogP contribution is -2.23. The SMILES string of the molecule is CCNCc1oc2ccccc2c1CN1CCC(OC)C1. The number of likely N-dealkylation sites (tertiary alicyclic amines) is 1. The predicted octanol–water partition coefficient (Wildman–Crippen LogP) is 2.76. The van der Waals surface area contributed by atoms with E-state index in [4.69, 9.17) is 9.15 Å². The molecule has 1 aliphatic rings. The molecule has 114 valence electrons. The van der Waals surface area contributed by atoms with Gasteiger partial charge in [0.05, 0.1) is 12.6 Å². The number of rotatable bonds is 6. The molecule has 2 heterocycles. The Kier molecular flexibility index (Phi) is 4.58. The topological polar surface area (TPSA) is 37.6 Å². The van der Waals surface area contributed by atoms with Crippen molar-refractivity contribution in [2.45, 2.75) is 32.5 Å². The Balaban J connectivity index is 1.84. The van der Waals surface area contributed by atoms with Gasteiger partial charge in [-0.25, -0.2) is 0 Å². The smallest absolute Gasteiger partial charge is 0.134 e. The number of nitrogens with zero attached hydrogens (tertiary/aromatic N) is 1. The van der Waals surface area contributed by atoms with Gasteiger partial charge in [0.15, 0.2) is 0 Å². The molecule has 0 aliphatic carbocycles. The average molecular weight is 288 g/mol. The molecule has 21 heavy (non-hydrogen) atoms. The molecule has 0 spiro atoms. The Morgan fingerprint density at radius 2 is 2.24 bits per heavy atom. The van der Waals surface area contributed by atoms with E-state index in [0.29, 0.717) is 6.10 Å². The van der Waals surface area contributed by atoms with Crippen molar-refractivity contribution in [3.8, 4) is 0 Å². The number of para-hydroxylation sites is 1. The van der Waals surface area contributed by atoms with Crippen LogP contribution in [0.3, 0.4) is 0 Å². The highest BCUT2D eigenvalue weighted by atomic mass is 16.5. The Bertz CT molecular complexity index is 593. The van der Waals surface area contributed by atoms with Gasteiger partial charge in [-0.2, -0.15) is 0 Å². The van der Waals surface area contributed by atoms with Crippen LogP contribution in [-0.2, 0) is 17.8 Å². The van der Waals surface area contributed by atoms with E-state index >= 15 is 0 Å². The summed E-state index contributed by atoms with van der Waals surface area (Å²) in [6.07, 6.45) is 1.50. The zero-order chi connectivity index (χ0) is 14.7. The first-order valence-corrected chi connectivity index (χ1v) is 7.77. The minimum absolute atomic E-state index is 0.375. The van der Waals surface area contributed by atoms with Crippen LogP contribution in [0.25, 0.3) is 11.0 Å². The maximum absolute atomic E-state index is 6.04. The molecule has 0 amide bonds. The molecule has 1 saturated heterocycles. The number of fused-ring (bicyclic) bond motifs is 1. The van der Waals surface area contributed by atoms with E-state index in [1.807, 2.05) is 6.07 Å². The Morgan fingerprint density at radius 1 is 1.38 bits per heavy atom. The number of hydrogen-bond donors (Lipinski definition) is 1. The second-order valence-electron chi connectivity index (χ2n) is 5.66. The van der Waals surface area contributed by atoms with Gasteiger partial charge in [-0.3, -0.25) is 4.90 Å². The van der Waals surface area contributed by atoms with Crippen molar-refractivity contribution in [1.29, 1.82) is 0 Å². The quantitative estimate of drug-likeness (QED) is 0.887. The van der Waals surface area contributed by atoms with Crippen LogP contribution in [0, 0.1) is 0 Å². The van der Waals surface area contributed by atoms with E-state index < -0.39 is 0 Å². The largest absolute Gasteiger partial charge is 0.459 e.